The Kier molecular flexibility index (Phi) is 5.66. The highest BCUT2D eigenvalue weighted by Gasteiger charge is 2.06. The molecule has 30 heavy (non-hydrogen) atoms. The third-order valence-electron chi connectivity index (χ3n) is 4.43. The van der Waals surface area contributed by atoms with E-state index < -0.39 is 0 Å². The quantitative estimate of drug-likeness (QED) is 0.452. The average Bonchev–Trinajstić information content (AvgIpc) is 2.79. The minimum absolute atomic E-state index is 0.157. The number of anilines is 2. The normalized spacial score (nSPS) is 10.8. The second-order valence-corrected chi connectivity index (χ2v) is 6.51. The van der Waals surface area contributed by atoms with E-state index in [4.69, 9.17) is 4.74 Å². The molecule has 0 aliphatic carbocycles. The van der Waals surface area contributed by atoms with E-state index in [0.29, 0.717) is 5.82 Å². The molecule has 0 atom stereocenters. The maximum Gasteiger partial charge on any atom is 0.243 e. The van der Waals surface area contributed by atoms with Crippen LogP contribution < -0.4 is 15.4 Å². The van der Waals surface area contributed by atoms with Crippen molar-refractivity contribution in [1.29, 1.82) is 0 Å². The van der Waals surface area contributed by atoms with E-state index in [0.717, 1.165) is 33.7 Å². The van der Waals surface area contributed by atoms with Crippen molar-refractivity contribution in [2.75, 3.05) is 12.4 Å². The van der Waals surface area contributed by atoms with Crippen molar-refractivity contribution < 1.29 is 9.53 Å². The Hall–Kier alpha value is -4.19. The second-order valence-electron chi connectivity index (χ2n) is 6.51. The Labute approximate surface area is 174 Å². The minimum atomic E-state index is -0.157. The molecule has 0 unspecified atom stereocenters. The summed E-state index contributed by atoms with van der Waals surface area (Å²) in [5, 5.41) is 6.76. The summed E-state index contributed by atoms with van der Waals surface area (Å²) in [6.07, 6.45) is 4.77. The maximum absolute atomic E-state index is 11.5. The van der Waals surface area contributed by atoms with Crippen molar-refractivity contribution in [3.05, 3.63) is 90.8 Å². The maximum atomic E-state index is 11.5. The van der Waals surface area contributed by atoms with Gasteiger partial charge in [-0.05, 0) is 60.2 Å². The SMILES string of the molecule is CNC(=O)C=Cc1ccc2ncnc(Nc3ccc(Oc4ccccc4)cc3)c2c1. The zero-order chi connectivity index (χ0) is 20.8. The molecule has 0 saturated carbocycles. The lowest BCUT2D eigenvalue weighted by molar-refractivity contribution is -0.115. The van der Waals surface area contributed by atoms with Gasteiger partial charge in [-0.1, -0.05) is 24.3 Å². The van der Waals surface area contributed by atoms with Crippen molar-refractivity contribution >= 4 is 34.4 Å². The zero-order valence-electron chi connectivity index (χ0n) is 16.4. The van der Waals surface area contributed by atoms with Gasteiger partial charge in [0.15, 0.2) is 0 Å². The van der Waals surface area contributed by atoms with Crippen LogP contribution in [0.15, 0.2) is 85.2 Å². The van der Waals surface area contributed by atoms with Gasteiger partial charge in [-0.3, -0.25) is 4.79 Å². The lowest BCUT2D eigenvalue weighted by Crippen LogP contribution is -2.13. The van der Waals surface area contributed by atoms with E-state index >= 15 is 0 Å². The van der Waals surface area contributed by atoms with Crippen molar-refractivity contribution in [1.82, 2.24) is 15.3 Å². The number of amides is 1. The molecule has 2 N–H and O–H groups in total. The molecule has 0 saturated heterocycles. The number of hydrogen-bond donors (Lipinski definition) is 2. The van der Waals surface area contributed by atoms with Gasteiger partial charge in [-0.25, -0.2) is 9.97 Å². The number of rotatable bonds is 6. The molecular weight excluding hydrogens is 376 g/mol. The number of ether oxygens (including phenoxy) is 1. The second kappa shape index (κ2) is 8.87. The molecule has 148 valence electrons. The number of nitrogens with zero attached hydrogens (tertiary/aromatic N) is 2. The van der Waals surface area contributed by atoms with Crippen molar-refractivity contribution in [3.63, 3.8) is 0 Å². The highest BCUT2D eigenvalue weighted by Crippen LogP contribution is 2.27. The van der Waals surface area contributed by atoms with E-state index in [1.807, 2.05) is 72.8 Å². The molecule has 0 aliphatic rings. The molecule has 6 nitrogen and oxygen atoms in total. The first-order valence-electron chi connectivity index (χ1n) is 9.46. The first-order chi connectivity index (χ1) is 14.7. The van der Waals surface area contributed by atoms with Gasteiger partial charge in [0.25, 0.3) is 0 Å². The van der Waals surface area contributed by atoms with Crippen molar-refractivity contribution in [2.45, 2.75) is 0 Å². The number of aromatic nitrogens is 2. The van der Waals surface area contributed by atoms with Crippen LogP contribution in [0.25, 0.3) is 17.0 Å². The van der Waals surface area contributed by atoms with E-state index in [2.05, 4.69) is 20.6 Å². The average molecular weight is 396 g/mol. The highest BCUT2D eigenvalue weighted by atomic mass is 16.5. The standard InChI is InChI=1S/C24H20N4O2/c1-25-23(29)14-8-17-7-13-22-21(15-17)24(27-16-26-22)28-18-9-11-20(12-10-18)30-19-5-3-2-4-6-19/h2-16H,1H3,(H,25,29)(H,26,27,28). The number of hydrogen-bond acceptors (Lipinski definition) is 5. The van der Waals surface area contributed by atoms with Crippen LogP contribution in [-0.2, 0) is 4.79 Å². The molecular formula is C24H20N4O2. The number of carbonyl (C=O) groups excluding carboxylic acids is 1. The number of carbonyl (C=O) groups is 1. The van der Waals surface area contributed by atoms with Crippen LogP contribution in [0.2, 0.25) is 0 Å². The minimum Gasteiger partial charge on any atom is -0.457 e. The van der Waals surface area contributed by atoms with E-state index in [1.54, 1.807) is 13.1 Å². The van der Waals surface area contributed by atoms with Gasteiger partial charge >= 0.3 is 0 Å². The zero-order valence-corrected chi connectivity index (χ0v) is 16.4. The van der Waals surface area contributed by atoms with Gasteiger partial charge in [-0.15, -0.1) is 0 Å². The van der Waals surface area contributed by atoms with E-state index in [1.165, 1.54) is 12.4 Å². The van der Waals surface area contributed by atoms with Gasteiger partial charge in [0.05, 0.1) is 5.52 Å². The molecule has 4 aromatic rings. The lowest BCUT2D eigenvalue weighted by atomic mass is 10.1. The van der Waals surface area contributed by atoms with Gasteiger partial charge in [0.1, 0.15) is 23.6 Å². The molecule has 0 aliphatic heterocycles. The molecule has 0 spiro atoms. The molecule has 1 heterocycles. The summed E-state index contributed by atoms with van der Waals surface area (Å²) in [4.78, 5) is 20.2. The first-order valence-corrected chi connectivity index (χ1v) is 9.46. The summed E-state index contributed by atoms with van der Waals surface area (Å²) in [6.45, 7) is 0. The lowest BCUT2D eigenvalue weighted by Gasteiger charge is -2.10. The number of nitrogens with one attached hydrogen (secondary N) is 2. The molecule has 0 bridgehead atoms. The summed E-state index contributed by atoms with van der Waals surface area (Å²) >= 11 is 0. The van der Waals surface area contributed by atoms with E-state index in [9.17, 15) is 4.79 Å². The van der Waals surface area contributed by atoms with Crippen LogP contribution in [0.4, 0.5) is 11.5 Å². The highest BCUT2D eigenvalue weighted by molar-refractivity contribution is 5.95. The van der Waals surface area contributed by atoms with Crippen molar-refractivity contribution in [3.8, 4) is 11.5 Å². The van der Waals surface area contributed by atoms with Crippen LogP contribution in [-0.4, -0.2) is 22.9 Å². The van der Waals surface area contributed by atoms with Gasteiger partial charge in [0, 0.05) is 24.2 Å². The fourth-order valence-electron chi connectivity index (χ4n) is 2.90. The Morgan fingerprint density at radius 2 is 1.70 bits per heavy atom. The first kappa shape index (κ1) is 19.1. The van der Waals surface area contributed by atoms with Crippen LogP contribution in [0.1, 0.15) is 5.56 Å². The van der Waals surface area contributed by atoms with Crippen LogP contribution in [0, 0.1) is 0 Å². The van der Waals surface area contributed by atoms with Crippen LogP contribution >= 0.6 is 0 Å². The van der Waals surface area contributed by atoms with Crippen LogP contribution in [0.3, 0.4) is 0 Å². The number of benzene rings is 3. The summed E-state index contributed by atoms with van der Waals surface area (Å²) in [7, 11) is 1.60. The predicted molar refractivity (Wildman–Crippen MR) is 119 cm³/mol. The Morgan fingerprint density at radius 3 is 2.47 bits per heavy atom. The molecule has 4 rings (SSSR count). The predicted octanol–water partition coefficient (Wildman–Crippen LogP) is 4.92. The Bertz CT molecular complexity index is 1190. The van der Waals surface area contributed by atoms with Gasteiger partial charge < -0.3 is 15.4 Å². The van der Waals surface area contributed by atoms with Gasteiger partial charge in [0.2, 0.25) is 5.91 Å². The number of likely N-dealkylation sites (N-methyl/N-ethyl adjacent to an activating group) is 1. The molecule has 0 radical (unpaired) electrons. The fraction of sp³-hybridized carbons (Fsp3) is 0.0417. The molecule has 6 heteroatoms. The van der Waals surface area contributed by atoms with E-state index in [-0.39, 0.29) is 5.91 Å². The topological polar surface area (TPSA) is 76.1 Å². The summed E-state index contributed by atoms with van der Waals surface area (Å²) in [5.41, 5.74) is 2.57. The third kappa shape index (κ3) is 4.62. The summed E-state index contributed by atoms with van der Waals surface area (Å²) in [6, 6.07) is 23.1. The third-order valence-corrected chi connectivity index (χ3v) is 4.43. The molecule has 3 aromatic carbocycles. The Morgan fingerprint density at radius 1 is 0.933 bits per heavy atom. The Balaban J connectivity index is 1.55. The largest absolute Gasteiger partial charge is 0.457 e. The molecule has 1 amide bonds. The number of fused-ring (bicyclic) bond motifs is 1. The van der Waals surface area contributed by atoms with Crippen LogP contribution in [0.5, 0.6) is 11.5 Å². The summed E-state index contributed by atoms with van der Waals surface area (Å²) in [5.74, 6) is 2.07. The van der Waals surface area contributed by atoms with Gasteiger partial charge in [-0.2, -0.15) is 0 Å². The fourth-order valence-corrected chi connectivity index (χ4v) is 2.90. The summed E-state index contributed by atoms with van der Waals surface area (Å²) < 4.78 is 5.83. The van der Waals surface area contributed by atoms with Crippen molar-refractivity contribution in [2.24, 2.45) is 0 Å². The number of para-hydroxylation sites is 1. The smallest absolute Gasteiger partial charge is 0.243 e. The molecule has 1 aromatic heterocycles. The molecule has 0 fully saturated rings. The monoisotopic (exact) mass is 396 g/mol.